The van der Waals surface area contributed by atoms with Crippen molar-refractivity contribution in [3.63, 3.8) is 0 Å². The van der Waals surface area contributed by atoms with Crippen LogP contribution < -0.4 is 5.32 Å². The summed E-state index contributed by atoms with van der Waals surface area (Å²) in [5, 5.41) is 12.4. The standard InChI is InChI=1S/C12H11NO5S/c1-7(14)13-10-6-5-8-9(3-2-4-11(8)15)12(10)19(16,17)18/h2-6,15H,1H3,(H,13,14)(H,16,17,18). The third-order valence-corrected chi connectivity index (χ3v) is 3.51. The Morgan fingerprint density at radius 1 is 1.16 bits per heavy atom. The highest BCUT2D eigenvalue weighted by atomic mass is 32.2. The van der Waals surface area contributed by atoms with Gasteiger partial charge in [0.1, 0.15) is 10.6 Å². The molecule has 0 aliphatic rings. The number of rotatable bonds is 2. The number of phenolic OH excluding ortho intramolecular Hbond substituents is 1. The van der Waals surface area contributed by atoms with E-state index < -0.39 is 20.9 Å². The van der Waals surface area contributed by atoms with Crippen molar-refractivity contribution in [3.8, 4) is 5.75 Å². The lowest BCUT2D eigenvalue weighted by molar-refractivity contribution is -0.114. The summed E-state index contributed by atoms with van der Waals surface area (Å²) in [7, 11) is -4.55. The molecule has 0 aromatic heterocycles. The number of benzene rings is 2. The van der Waals surface area contributed by atoms with Crippen LogP contribution in [0, 0.1) is 0 Å². The summed E-state index contributed by atoms with van der Waals surface area (Å²) in [6.45, 7) is 1.22. The van der Waals surface area contributed by atoms with E-state index in [4.69, 9.17) is 0 Å². The van der Waals surface area contributed by atoms with Gasteiger partial charge in [-0.15, -0.1) is 0 Å². The fourth-order valence-corrected chi connectivity index (χ4v) is 2.73. The maximum absolute atomic E-state index is 11.5. The lowest BCUT2D eigenvalue weighted by Gasteiger charge is -2.11. The van der Waals surface area contributed by atoms with Gasteiger partial charge in [0.25, 0.3) is 10.1 Å². The Bertz CT molecular complexity index is 767. The SMILES string of the molecule is CC(=O)Nc1ccc2c(O)cccc2c1S(=O)(=O)O. The molecule has 1 amide bonds. The predicted molar refractivity (Wildman–Crippen MR) is 69.7 cm³/mol. The molecule has 2 rings (SSSR count). The van der Waals surface area contributed by atoms with Gasteiger partial charge in [-0.25, -0.2) is 0 Å². The molecule has 2 aromatic rings. The Labute approximate surface area is 109 Å². The predicted octanol–water partition coefficient (Wildman–Crippen LogP) is 1.75. The molecular formula is C12H11NO5S. The maximum atomic E-state index is 11.5. The molecule has 0 atom stereocenters. The van der Waals surface area contributed by atoms with Gasteiger partial charge in [0, 0.05) is 17.7 Å². The van der Waals surface area contributed by atoms with E-state index in [9.17, 15) is 22.9 Å². The first-order valence-electron chi connectivity index (χ1n) is 5.30. The molecule has 3 N–H and O–H groups in total. The number of amides is 1. The number of fused-ring (bicyclic) bond motifs is 1. The van der Waals surface area contributed by atoms with E-state index in [0.29, 0.717) is 0 Å². The third-order valence-electron chi connectivity index (χ3n) is 2.56. The first-order chi connectivity index (χ1) is 8.80. The zero-order chi connectivity index (χ0) is 14.2. The molecule has 0 unspecified atom stereocenters. The highest BCUT2D eigenvalue weighted by Gasteiger charge is 2.21. The molecule has 0 saturated heterocycles. The number of phenols is 1. The minimum atomic E-state index is -4.55. The van der Waals surface area contributed by atoms with Crippen LogP contribution >= 0.6 is 0 Å². The summed E-state index contributed by atoms with van der Waals surface area (Å²) in [6.07, 6.45) is 0. The fourth-order valence-electron chi connectivity index (χ4n) is 1.88. The van der Waals surface area contributed by atoms with Crippen LogP contribution in [0.25, 0.3) is 10.8 Å². The molecule has 0 aliphatic carbocycles. The second-order valence-corrected chi connectivity index (χ2v) is 5.33. The summed E-state index contributed by atoms with van der Waals surface area (Å²) < 4.78 is 32.3. The number of carbonyl (C=O) groups is 1. The van der Waals surface area contributed by atoms with Crippen molar-refractivity contribution >= 4 is 32.5 Å². The van der Waals surface area contributed by atoms with Crippen LogP contribution in [0.2, 0.25) is 0 Å². The Morgan fingerprint density at radius 2 is 1.84 bits per heavy atom. The van der Waals surface area contributed by atoms with E-state index in [-0.39, 0.29) is 22.2 Å². The average Bonchev–Trinajstić information content (AvgIpc) is 2.26. The van der Waals surface area contributed by atoms with Gasteiger partial charge < -0.3 is 10.4 Å². The van der Waals surface area contributed by atoms with E-state index in [1.807, 2.05) is 0 Å². The van der Waals surface area contributed by atoms with Crippen molar-refractivity contribution < 1.29 is 22.9 Å². The number of nitrogens with one attached hydrogen (secondary N) is 1. The minimum Gasteiger partial charge on any atom is -0.507 e. The molecular weight excluding hydrogens is 270 g/mol. The molecule has 0 saturated carbocycles. The molecule has 0 aliphatic heterocycles. The van der Waals surface area contributed by atoms with Crippen molar-refractivity contribution in [2.75, 3.05) is 5.32 Å². The van der Waals surface area contributed by atoms with Gasteiger partial charge in [-0.05, 0) is 18.2 Å². The summed E-state index contributed by atoms with van der Waals surface area (Å²) in [5.41, 5.74) is -0.0342. The normalized spacial score (nSPS) is 11.5. The van der Waals surface area contributed by atoms with Crippen LogP contribution in [-0.2, 0) is 14.9 Å². The molecule has 19 heavy (non-hydrogen) atoms. The maximum Gasteiger partial charge on any atom is 0.297 e. The van der Waals surface area contributed by atoms with Crippen LogP contribution in [0.4, 0.5) is 5.69 Å². The van der Waals surface area contributed by atoms with Crippen molar-refractivity contribution in [2.24, 2.45) is 0 Å². The van der Waals surface area contributed by atoms with Crippen LogP contribution in [0.5, 0.6) is 5.75 Å². The zero-order valence-corrected chi connectivity index (χ0v) is 10.7. The molecule has 2 aromatic carbocycles. The third kappa shape index (κ3) is 2.51. The zero-order valence-electron chi connectivity index (χ0n) is 9.91. The number of hydrogen-bond acceptors (Lipinski definition) is 4. The Balaban J connectivity index is 2.89. The van der Waals surface area contributed by atoms with E-state index in [2.05, 4.69) is 5.32 Å². The van der Waals surface area contributed by atoms with Crippen LogP contribution in [0.3, 0.4) is 0 Å². The summed E-state index contributed by atoms with van der Waals surface area (Å²) in [6, 6.07) is 7.05. The van der Waals surface area contributed by atoms with Gasteiger partial charge in [0.05, 0.1) is 5.69 Å². The average molecular weight is 281 g/mol. The number of carbonyl (C=O) groups excluding carboxylic acids is 1. The lowest BCUT2D eigenvalue weighted by atomic mass is 10.1. The number of aromatic hydroxyl groups is 1. The largest absolute Gasteiger partial charge is 0.507 e. The first-order valence-corrected chi connectivity index (χ1v) is 6.74. The number of anilines is 1. The number of hydrogen-bond donors (Lipinski definition) is 3. The Morgan fingerprint density at radius 3 is 2.42 bits per heavy atom. The molecule has 6 nitrogen and oxygen atoms in total. The molecule has 0 spiro atoms. The smallest absolute Gasteiger partial charge is 0.297 e. The van der Waals surface area contributed by atoms with Crippen molar-refractivity contribution in [3.05, 3.63) is 30.3 Å². The van der Waals surface area contributed by atoms with Gasteiger partial charge >= 0.3 is 0 Å². The Kier molecular flexibility index (Phi) is 3.17. The minimum absolute atomic E-state index is 0.0342. The topological polar surface area (TPSA) is 104 Å². The fraction of sp³-hybridized carbons (Fsp3) is 0.0833. The second-order valence-electron chi connectivity index (χ2n) is 3.97. The van der Waals surface area contributed by atoms with E-state index in [0.717, 1.165) is 0 Å². The van der Waals surface area contributed by atoms with Crippen molar-refractivity contribution in [2.45, 2.75) is 11.8 Å². The molecule has 0 bridgehead atoms. The highest BCUT2D eigenvalue weighted by molar-refractivity contribution is 7.86. The van der Waals surface area contributed by atoms with E-state index >= 15 is 0 Å². The van der Waals surface area contributed by atoms with Crippen LogP contribution in [0.15, 0.2) is 35.2 Å². The monoisotopic (exact) mass is 281 g/mol. The molecule has 7 heteroatoms. The molecule has 0 radical (unpaired) electrons. The Hall–Kier alpha value is -2.12. The van der Waals surface area contributed by atoms with Gasteiger partial charge in [-0.1, -0.05) is 12.1 Å². The summed E-state index contributed by atoms with van der Waals surface area (Å²) in [5.74, 6) is -0.582. The highest BCUT2D eigenvalue weighted by Crippen LogP contribution is 2.34. The van der Waals surface area contributed by atoms with Gasteiger partial charge in [0.15, 0.2) is 0 Å². The molecule has 100 valence electrons. The quantitative estimate of drug-likeness (QED) is 0.727. The summed E-state index contributed by atoms with van der Waals surface area (Å²) >= 11 is 0. The van der Waals surface area contributed by atoms with E-state index in [1.165, 1.54) is 37.3 Å². The van der Waals surface area contributed by atoms with Gasteiger partial charge in [-0.2, -0.15) is 8.42 Å². The summed E-state index contributed by atoms with van der Waals surface area (Å²) in [4.78, 5) is 10.6. The molecule has 0 fully saturated rings. The van der Waals surface area contributed by atoms with Gasteiger partial charge in [0.2, 0.25) is 5.91 Å². The molecule has 0 heterocycles. The second kappa shape index (κ2) is 4.52. The van der Waals surface area contributed by atoms with Crippen molar-refractivity contribution in [1.29, 1.82) is 0 Å². The van der Waals surface area contributed by atoms with Crippen LogP contribution in [-0.4, -0.2) is 24.0 Å². The lowest BCUT2D eigenvalue weighted by Crippen LogP contribution is -2.11. The van der Waals surface area contributed by atoms with Crippen molar-refractivity contribution in [1.82, 2.24) is 0 Å². The van der Waals surface area contributed by atoms with E-state index in [1.54, 1.807) is 0 Å². The van der Waals surface area contributed by atoms with Crippen LogP contribution in [0.1, 0.15) is 6.92 Å². The first kappa shape index (κ1) is 13.3. The van der Waals surface area contributed by atoms with Gasteiger partial charge in [-0.3, -0.25) is 9.35 Å².